The number of benzene rings is 2. The van der Waals surface area contributed by atoms with Crippen LogP contribution in [0.5, 0.6) is 0 Å². The molecule has 3 aromatic rings. The third-order valence-electron chi connectivity index (χ3n) is 3.80. The van der Waals surface area contributed by atoms with Crippen LogP contribution in [0.1, 0.15) is 27.6 Å². The number of ether oxygens (including phenoxy) is 1. The molecule has 0 unspecified atom stereocenters. The molecule has 138 valence electrons. The normalized spacial score (nSPS) is 10.4. The molecule has 0 aliphatic rings. The van der Waals surface area contributed by atoms with Crippen LogP contribution in [0.3, 0.4) is 0 Å². The second-order valence-electron chi connectivity index (χ2n) is 5.56. The molecule has 0 aliphatic carbocycles. The molecule has 2 aromatic carbocycles. The Morgan fingerprint density at radius 3 is 2.56 bits per heavy atom. The molecule has 0 bridgehead atoms. The molecule has 0 saturated carbocycles. The monoisotopic (exact) mass is 384 g/mol. The number of rotatable bonds is 5. The molecule has 27 heavy (non-hydrogen) atoms. The first-order chi connectivity index (χ1) is 13.0. The SMILES string of the molecule is CCOC(=O)c1cnn(-c2ccc(C(=O)Nc3ccccc3Cl)cc2)c1N. The second kappa shape index (κ2) is 7.92. The standard InChI is InChI=1S/C19H17ClN4O3/c1-2-27-19(26)14-11-22-24(17(14)21)13-9-7-12(8-10-13)18(25)23-16-6-4-3-5-15(16)20/h3-11H,2,21H2,1H3,(H,23,25). The molecule has 0 saturated heterocycles. The number of esters is 1. The van der Waals surface area contributed by atoms with Crippen LogP contribution in [0.15, 0.2) is 54.7 Å². The van der Waals surface area contributed by atoms with Crippen molar-refractivity contribution in [2.24, 2.45) is 0 Å². The number of para-hydroxylation sites is 1. The Bertz CT molecular complexity index is 983. The molecule has 1 amide bonds. The van der Waals surface area contributed by atoms with Crippen molar-refractivity contribution in [1.29, 1.82) is 0 Å². The predicted molar refractivity (Wildman–Crippen MR) is 103 cm³/mol. The zero-order valence-electron chi connectivity index (χ0n) is 14.5. The summed E-state index contributed by atoms with van der Waals surface area (Å²) in [6, 6.07) is 13.6. The average Bonchev–Trinajstić information content (AvgIpc) is 3.05. The van der Waals surface area contributed by atoms with Gasteiger partial charge in [0.15, 0.2) is 0 Å². The number of amides is 1. The Labute approximate surface area is 160 Å². The summed E-state index contributed by atoms with van der Waals surface area (Å²) in [5.41, 5.74) is 7.76. The lowest BCUT2D eigenvalue weighted by atomic mass is 10.2. The van der Waals surface area contributed by atoms with Crippen LogP contribution in [0.2, 0.25) is 5.02 Å². The minimum Gasteiger partial charge on any atom is -0.462 e. The molecule has 1 aromatic heterocycles. The summed E-state index contributed by atoms with van der Waals surface area (Å²) in [7, 11) is 0. The van der Waals surface area contributed by atoms with Gasteiger partial charge in [-0.1, -0.05) is 23.7 Å². The molecule has 3 rings (SSSR count). The first-order valence-corrected chi connectivity index (χ1v) is 8.56. The number of nitrogens with zero attached hydrogens (tertiary/aromatic N) is 2. The van der Waals surface area contributed by atoms with Crippen molar-refractivity contribution in [3.8, 4) is 5.69 Å². The van der Waals surface area contributed by atoms with Crippen LogP contribution in [0, 0.1) is 0 Å². The maximum atomic E-state index is 12.4. The van der Waals surface area contributed by atoms with Gasteiger partial charge in [-0.3, -0.25) is 4.79 Å². The van der Waals surface area contributed by atoms with E-state index >= 15 is 0 Å². The van der Waals surface area contributed by atoms with E-state index in [0.29, 0.717) is 22.0 Å². The molecular formula is C19H17ClN4O3. The van der Waals surface area contributed by atoms with E-state index in [1.165, 1.54) is 10.9 Å². The van der Waals surface area contributed by atoms with E-state index < -0.39 is 5.97 Å². The van der Waals surface area contributed by atoms with Crippen molar-refractivity contribution in [2.75, 3.05) is 17.7 Å². The van der Waals surface area contributed by atoms with Gasteiger partial charge in [-0.05, 0) is 43.3 Å². The smallest absolute Gasteiger partial charge is 0.343 e. The number of nitrogens with two attached hydrogens (primary N) is 1. The number of anilines is 2. The van der Waals surface area contributed by atoms with E-state index in [1.54, 1.807) is 55.5 Å². The summed E-state index contributed by atoms with van der Waals surface area (Å²) in [4.78, 5) is 24.2. The minimum absolute atomic E-state index is 0.168. The van der Waals surface area contributed by atoms with E-state index in [-0.39, 0.29) is 23.9 Å². The number of hydrogen-bond donors (Lipinski definition) is 2. The summed E-state index contributed by atoms with van der Waals surface area (Å²) in [6.07, 6.45) is 1.35. The molecule has 0 aliphatic heterocycles. The van der Waals surface area contributed by atoms with E-state index in [1.807, 2.05) is 0 Å². The van der Waals surface area contributed by atoms with Gasteiger partial charge in [-0.25, -0.2) is 9.48 Å². The summed E-state index contributed by atoms with van der Waals surface area (Å²) in [6.45, 7) is 1.96. The van der Waals surface area contributed by atoms with Crippen molar-refractivity contribution in [3.05, 3.63) is 70.9 Å². The summed E-state index contributed by atoms with van der Waals surface area (Å²) >= 11 is 6.05. The van der Waals surface area contributed by atoms with Gasteiger partial charge >= 0.3 is 5.97 Å². The Hall–Kier alpha value is -3.32. The van der Waals surface area contributed by atoms with Crippen LogP contribution in [0.4, 0.5) is 11.5 Å². The average molecular weight is 385 g/mol. The zero-order chi connectivity index (χ0) is 19.4. The Balaban J connectivity index is 1.79. The number of hydrogen-bond acceptors (Lipinski definition) is 5. The minimum atomic E-state index is -0.531. The Morgan fingerprint density at radius 1 is 1.19 bits per heavy atom. The maximum absolute atomic E-state index is 12.4. The van der Waals surface area contributed by atoms with Crippen molar-refractivity contribution in [3.63, 3.8) is 0 Å². The number of carbonyl (C=O) groups excluding carboxylic acids is 2. The highest BCUT2D eigenvalue weighted by molar-refractivity contribution is 6.33. The zero-order valence-corrected chi connectivity index (χ0v) is 15.2. The number of halogens is 1. The van der Waals surface area contributed by atoms with Crippen molar-refractivity contribution >= 4 is 35.0 Å². The molecule has 0 atom stereocenters. The third kappa shape index (κ3) is 3.93. The molecule has 7 nitrogen and oxygen atoms in total. The lowest BCUT2D eigenvalue weighted by Crippen LogP contribution is -2.12. The van der Waals surface area contributed by atoms with Gasteiger partial charge in [0.05, 0.1) is 29.2 Å². The molecule has 0 spiro atoms. The lowest BCUT2D eigenvalue weighted by Gasteiger charge is -2.09. The number of carbonyl (C=O) groups is 2. The van der Waals surface area contributed by atoms with Crippen LogP contribution >= 0.6 is 11.6 Å². The Kier molecular flexibility index (Phi) is 5.42. The largest absolute Gasteiger partial charge is 0.462 e. The second-order valence-corrected chi connectivity index (χ2v) is 5.96. The van der Waals surface area contributed by atoms with Crippen LogP contribution in [0.25, 0.3) is 5.69 Å². The van der Waals surface area contributed by atoms with E-state index in [0.717, 1.165) is 0 Å². The van der Waals surface area contributed by atoms with Crippen molar-refractivity contribution in [2.45, 2.75) is 6.92 Å². The van der Waals surface area contributed by atoms with Crippen LogP contribution in [-0.4, -0.2) is 28.3 Å². The molecule has 8 heteroatoms. The van der Waals surface area contributed by atoms with Gasteiger partial charge < -0.3 is 15.8 Å². The topological polar surface area (TPSA) is 99.2 Å². The fourth-order valence-corrected chi connectivity index (χ4v) is 2.62. The first kappa shape index (κ1) is 18.5. The van der Waals surface area contributed by atoms with Gasteiger partial charge in [0.2, 0.25) is 0 Å². The predicted octanol–water partition coefficient (Wildman–Crippen LogP) is 3.54. The highest BCUT2D eigenvalue weighted by Gasteiger charge is 2.17. The molecule has 3 N–H and O–H groups in total. The maximum Gasteiger partial charge on any atom is 0.343 e. The fourth-order valence-electron chi connectivity index (χ4n) is 2.44. The molecule has 0 radical (unpaired) electrons. The highest BCUT2D eigenvalue weighted by Crippen LogP contribution is 2.22. The first-order valence-electron chi connectivity index (χ1n) is 8.18. The molecular weight excluding hydrogens is 368 g/mol. The highest BCUT2D eigenvalue weighted by atomic mass is 35.5. The van der Waals surface area contributed by atoms with E-state index in [2.05, 4.69) is 10.4 Å². The van der Waals surface area contributed by atoms with Crippen LogP contribution in [-0.2, 0) is 4.74 Å². The molecule has 1 heterocycles. The van der Waals surface area contributed by atoms with Gasteiger partial charge in [-0.15, -0.1) is 0 Å². The van der Waals surface area contributed by atoms with Gasteiger partial charge in [0.25, 0.3) is 5.91 Å². The number of aromatic nitrogens is 2. The van der Waals surface area contributed by atoms with Gasteiger partial charge in [0, 0.05) is 5.56 Å². The van der Waals surface area contributed by atoms with Crippen LogP contribution < -0.4 is 11.1 Å². The molecule has 0 fully saturated rings. The fraction of sp³-hybridized carbons (Fsp3) is 0.105. The lowest BCUT2D eigenvalue weighted by molar-refractivity contribution is 0.0527. The van der Waals surface area contributed by atoms with Crippen molar-refractivity contribution in [1.82, 2.24) is 9.78 Å². The third-order valence-corrected chi connectivity index (χ3v) is 4.13. The number of nitrogens with one attached hydrogen (secondary N) is 1. The van der Waals surface area contributed by atoms with E-state index in [4.69, 9.17) is 22.1 Å². The summed E-state index contributed by atoms with van der Waals surface area (Å²) < 4.78 is 6.34. The van der Waals surface area contributed by atoms with E-state index in [9.17, 15) is 9.59 Å². The number of nitrogen functional groups attached to an aromatic ring is 1. The van der Waals surface area contributed by atoms with Gasteiger partial charge in [-0.2, -0.15) is 5.10 Å². The summed E-state index contributed by atoms with van der Waals surface area (Å²) in [5, 5.41) is 7.32. The van der Waals surface area contributed by atoms with Gasteiger partial charge in [0.1, 0.15) is 11.4 Å². The quantitative estimate of drug-likeness (QED) is 0.655. The Morgan fingerprint density at radius 2 is 1.89 bits per heavy atom. The van der Waals surface area contributed by atoms with Crippen molar-refractivity contribution < 1.29 is 14.3 Å². The summed E-state index contributed by atoms with van der Waals surface area (Å²) in [5.74, 6) is -0.658.